The van der Waals surface area contributed by atoms with Crippen LogP contribution >= 0.6 is 11.8 Å². The van der Waals surface area contributed by atoms with Crippen molar-refractivity contribution >= 4 is 35.2 Å². The van der Waals surface area contributed by atoms with Gasteiger partial charge in [-0.2, -0.15) is 0 Å². The average molecular weight is 412 g/mol. The number of thioether (sulfide) groups is 1. The fraction of sp³-hybridized carbons (Fsp3) is 0.318. The summed E-state index contributed by atoms with van der Waals surface area (Å²) in [5, 5.41) is 2.86. The summed E-state index contributed by atoms with van der Waals surface area (Å²) in [5.41, 5.74) is 7.84. The Morgan fingerprint density at radius 3 is 2.28 bits per heavy atom. The summed E-state index contributed by atoms with van der Waals surface area (Å²) >= 11 is 1.53. The molecule has 152 valence electrons. The van der Waals surface area contributed by atoms with Crippen molar-refractivity contribution in [2.75, 3.05) is 24.2 Å². The minimum absolute atomic E-state index is 0.0191. The first-order chi connectivity index (χ1) is 14.0. The molecule has 1 aliphatic heterocycles. The molecular weight excluding hydrogens is 386 g/mol. The SMILES string of the molecule is NC(=O)C1CCN(C(=O)c2ccc(CSCC(=O)Nc3ccccc3)cc2)CC1. The number of primary amides is 1. The van der Waals surface area contributed by atoms with Gasteiger partial charge in [-0.15, -0.1) is 11.8 Å². The number of hydrogen-bond acceptors (Lipinski definition) is 4. The van der Waals surface area contributed by atoms with Gasteiger partial charge in [-0.1, -0.05) is 30.3 Å². The third kappa shape index (κ3) is 6.09. The van der Waals surface area contributed by atoms with E-state index in [1.807, 2.05) is 54.6 Å². The molecule has 0 atom stereocenters. The van der Waals surface area contributed by atoms with Gasteiger partial charge in [0.25, 0.3) is 5.91 Å². The highest BCUT2D eigenvalue weighted by Crippen LogP contribution is 2.20. The van der Waals surface area contributed by atoms with Crippen LogP contribution in [0.15, 0.2) is 54.6 Å². The summed E-state index contributed by atoms with van der Waals surface area (Å²) in [6.45, 7) is 1.11. The highest BCUT2D eigenvalue weighted by molar-refractivity contribution is 7.99. The zero-order valence-corrected chi connectivity index (χ0v) is 17.0. The molecule has 2 aromatic rings. The summed E-state index contributed by atoms with van der Waals surface area (Å²) < 4.78 is 0. The number of benzene rings is 2. The van der Waals surface area contributed by atoms with E-state index in [-0.39, 0.29) is 23.6 Å². The third-order valence-corrected chi connectivity index (χ3v) is 5.95. The minimum atomic E-state index is -0.281. The average Bonchev–Trinajstić information content (AvgIpc) is 2.74. The van der Waals surface area contributed by atoms with Gasteiger partial charge < -0.3 is 16.0 Å². The van der Waals surface area contributed by atoms with E-state index in [1.165, 1.54) is 11.8 Å². The van der Waals surface area contributed by atoms with Gasteiger partial charge in [0.1, 0.15) is 0 Å². The first-order valence-corrected chi connectivity index (χ1v) is 10.8. The quantitative estimate of drug-likeness (QED) is 0.733. The lowest BCUT2D eigenvalue weighted by molar-refractivity contribution is -0.123. The fourth-order valence-electron chi connectivity index (χ4n) is 3.27. The van der Waals surface area contributed by atoms with Crippen LogP contribution in [0.25, 0.3) is 0 Å². The van der Waals surface area contributed by atoms with Crippen molar-refractivity contribution in [3.63, 3.8) is 0 Å². The van der Waals surface area contributed by atoms with Crippen molar-refractivity contribution in [2.45, 2.75) is 18.6 Å². The van der Waals surface area contributed by atoms with E-state index in [9.17, 15) is 14.4 Å². The van der Waals surface area contributed by atoms with Crippen LogP contribution in [0.5, 0.6) is 0 Å². The Morgan fingerprint density at radius 1 is 1.00 bits per heavy atom. The van der Waals surface area contributed by atoms with Crippen molar-refractivity contribution < 1.29 is 14.4 Å². The lowest BCUT2D eigenvalue weighted by Crippen LogP contribution is -2.41. The first-order valence-electron chi connectivity index (χ1n) is 9.63. The van der Waals surface area contributed by atoms with Gasteiger partial charge in [0, 0.05) is 36.0 Å². The molecule has 0 aliphatic carbocycles. The molecule has 0 radical (unpaired) electrons. The summed E-state index contributed by atoms with van der Waals surface area (Å²) in [6, 6.07) is 16.9. The predicted molar refractivity (Wildman–Crippen MR) is 115 cm³/mol. The van der Waals surface area contributed by atoms with Crippen molar-refractivity contribution in [1.82, 2.24) is 4.90 Å². The molecule has 3 amide bonds. The number of carbonyl (C=O) groups is 3. The van der Waals surface area contributed by atoms with Gasteiger partial charge in [0.05, 0.1) is 5.75 Å². The van der Waals surface area contributed by atoms with E-state index >= 15 is 0 Å². The van der Waals surface area contributed by atoms with Gasteiger partial charge >= 0.3 is 0 Å². The number of nitrogens with two attached hydrogens (primary N) is 1. The lowest BCUT2D eigenvalue weighted by atomic mass is 9.96. The second-order valence-electron chi connectivity index (χ2n) is 7.07. The molecule has 6 nitrogen and oxygen atoms in total. The Morgan fingerprint density at radius 2 is 1.66 bits per heavy atom. The second kappa shape index (κ2) is 10.1. The molecule has 3 N–H and O–H groups in total. The van der Waals surface area contributed by atoms with E-state index in [4.69, 9.17) is 5.73 Å². The molecule has 1 aliphatic rings. The highest BCUT2D eigenvalue weighted by Gasteiger charge is 2.26. The molecule has 3 rings (SSSR count). The number of carbonyl (C=O) groups excluding carboxylic acids is 3. The molecule has 1 fully saturated rings. The van der Waals surface area contributed by atoms with Gasteiger partial charge in [-0.3, -0.25) is 14.4 Å². The van der Waals surface area contributed by atoms with E-state index in [2.05, 4.69) is 5.32 Å². The predicted octanol–water partition coefficient (Wildman–Crippen LogP) is 2.90. The molecule has 0 bridgehead atoms. The minimum Gasteiger partial charge on any atom is -0.369 e. The van der Waals surface area contributed by atoms with E-state index in [1.54, 1.807) is 4.90 Å². The van der Waals surface area contributed by atoms with Gasteiger partial charge in [0.15, 0.2) is 0 Å². The number of likely N-dealkylation sites (tertiary alicyclic amines) is 1. The largest absolute Gasteiger partial charge is 0.369 e. The van der Waals surface area contributed by atoms with Gasteiger partial charge in [-0.25, -0.2) is 0 Å². The number of hydrogen-bond donors (Lipinski definition) is 2. The third-order valence-electron chi connectivity index (χ3n) is 4.94. The van der Waals surface area contributed by atoms with Gasteiger partial charge in [-0.05, 0) is 42.7 Å². The topological polar surface area (TPSA) is 92.5 Å². The van der Waals surface area contributed by atoms with Crippen molar-refractivity contribution in [3.05, 3.63) is 65.7 Å². The van der Waals surface area contributed by atoms with E-state index in [0.29, 0.717) is 43.0 Å². The number of nitrogens with one attached hydrogen (secondary N) is 1. The molecule has 0 unspecified atom stereocenters. The lowest BCUT2D eigenvalue weighted by Gasteiger charge is -2.30. The summed E-state index contributed by atoms with van der Waals surface area (Å²) in [4.78, 5) is 37.6. The molecule has 0 aromatic heterocycles. The molecular formula is C22H25N3O3S. The van der Waals surface area contributed by atoms with Crippen LogP contribution < -0.4 is 11.1 Å². The molecule has 29 heavy (non-hydrogen) atoms. The second-order valence-corrected chi connectivity index (χ2v) is 8.06. The van der Waals surface area contributed by atoms with Crippen LogP contribution in [0.2, 0.25) is 0 Å². The van der Waals surface area contributed by atoms with Crippen LogP contribution in [-0.2, 0) is 15.3 Å². The summed E-state index contributed by atoms with van der Waals surface area (Å²) in [7, 11) is 0. The van der Waals surface area contributed by atoms with Crippen LogP contribution in [0.4, 0.5) is 5.69 Å². The van der Waals surface area contributed by atoms with Crippen molar-refractivity contribution in [1.29, 1.82) is 0 Å². The maximum atomic E-state index is 12.6. The van der Waals surface area contributed by atoms with Crippen LogP contribution in [0, 0.1) is 5.92 Å². The first kappa shape index (κ1) is 20.9. The Balaban J connectivity index is 1.43. The Labute approximate surface area is 174 Å². The summed E-state index contributed by atoms with van der Waals surface area (Å²) in [6.07, 6.45) is 1.25. The van der Waals surface area contributed by atoms with Crippen LogP contribution in [0.3, 0.4) is 0 Å². The maximum Gasteiger partial charge on any atom is 0.253 e. The Hall–Kier alpha value is -2.80. The van der Waals surface area contributed by atoms with Crippen LogP contribution in [0.1, 0.15) is 28.8 Å². The molecule has 0 spiro atoms. The van der Waals surface area contributed by atoms with Crippen LogP contribution in [-0.4, -0.2) is 41.5 Å². The van der Waals surface area contributed by atoms with E-state index in [0.717, 1.165) is 11.3 Å². The highest BCUT2D eigenvalue weighted by atomic mass is 32.2. The monoisotopic (exact) mass is 411 g/mol. The van der Waals surface area contributed by atoms with Gasteiger partial charge in [0.2, 0.25) is 11.8 Å². The zero-order chi connectivity index (χ0) is 20.6. The number of anilines is 1. The number of nitrogens with zero attached hydrogens (tertiary/aromatic N) is 1. The van der Waals surface area contributed by atoms with Crippen molar-refractivity contribution in [2.24, 2.45) is 11.7 Å². The molecule has 1 saturated heterocycles. The van der Waals surface area contributed by atoms with E-state index < -0.39 is 0 Å². The number of para-hydroxylation sites is 1. The molecule has 1 heterocycles. The number of amides is 3. The Kier molecular flexibility index (Phi) is 7.30. The fourth-order valence-corrected chi connectivity index (χ4v) is 4.06. The maximum absolute atomic E-state index is 12.6. The number of piperidine rings is 1. The normalized spacial score (nSPS) is 14.4. The Bertz CT molecular complexity index is 847. The van der Waals surface area contributed by atoms with Crippen molar-refractivity contribution in [3.8, 4) is 0 Å². The molecule has 2 aromatic carbocycles. The molecule has 7 heteroatoms. The zero-order valence-electron chi connectivity index (χ0n) is 16.2. The number of rotatable bonds is 7. The summed E-state index contributed by atoms with van der Waals surface area (Å²) in [5.74, 6) is 0.598. The standard InChI is InChI=1S/C22H25N3O3S/c23-21(27)17-10-12-25(13-11-17)22(28)18-8-6-16(7-9-18)14-29-15-20(26)24-19-4-2-1-3-5-19/h1-9,17H,10-15H2,(H2,23,27)(H,24,26). The smallest absolute Gasteiger partial charge is 0.253 e. The molecule has 0 saturated carbocycles.